The molecule has 0 aromatic heterocycles. The molecule has 4 heteroatoms. The number of likely N-dealkylation sites (tertiary alicyclic amines) is 1. The van der Waals surface area contributed by atoms with Crippen LogP contribution in [0.5, 0.6) is 0 Å². The van der Waals surface area contributed by atoms with Crippen LogP contribution in [0.15, 0.2) is 18.2 Å². The highest BCUT2D eigenvalue weighted by atomic mass is 35.5. The Labute approximate surface area is 113 Å². The number of nitrogens with zero attached hydrogens (tertiary/aromatic N) is 1. The molecule has 2 N–H and O–H groups in total. The molecule has 18 heavy (non-hydrogen) atoms. The number of rotatable bonds is 3. The lowest BCUT2D eigenvalue weighted by atomic mass is 9.96. The molecular formula is C14H20ClFN2. The minimum atomic E-state index is -0.326. The maximum absolute atomic E-state index is 14.1. The van der Waals surface area contributed by atoms with Gasteiger partial charge in [0.1, 0.15) is 5.82 Å². The van der Waals surface area contributed by atoms with E-state index < -0.39 is 0 Å². The van der Waals surface area contributed by atoms with E-state index in [1.54, 1.807) is 18.2 Å². The lowest BCUT2D eigenvalue weighted by Crippen LogP contribution is -2.40. The second-order valence-electron chi connectivity index (χ2n) is 5.14. The van der Waals surface area contributed by atoms with Gasteiger partial charge in [-0.1, -0.05) is 30.7 Å². The van der Waals surface area contributed by atoms with E-state index in [0.717, 1.165) is 19.5 Å². The van der Waals surface area contributed by atoms with Gasteiger partial charge in [-0.05, 0) is 31.4 Å². The third kappa shape index (κ3) is 2.85. The van der Waals surface area contributed by atoms with Crippen LogP contribution in [0.1, 0.15) is 31.4 Å². The molecule has 2 atom stereocenters. The molecule has 0 amide bonds. The first-order chi connectivity index (χ1) is 8.63. The SMILES string of the molecule is CC1CCCN(C(CN)c2cccc(Cl)c2F)C1. The first-order valence-electron chi connectivity index (χ1n) is 6.51. The van der Waals surface area contributed by atoms with Gasteiger partial charge in [-0.25, -0.2) is 4.39 Å². The smallest absolute Gasteiger partial charge is 0.146 e. The monoisotopic (exact) mass is 270 g/mol. The second-order valence-corrected chi connectivity index (χ2v) is 5.54. The summed E-state index contributed by atoms with van der Waals surface area (Å²) in [7, 11) is 0. The van der Waals surface area contributed by atoms with Crippen molar-refractivity contribution in [2.45, 2.75) is 25.8 Å². The number of benzene rings is 1. The van der Waals surface area contributed by atoms with Crippen LogP contribution in [0.25, 0.3) is 0 Å². The highest BCUT2D eigenvalue weighted by Gasteiger charge is 2.26. The normalized spacial score (nSPS) is 23.0. The number of nitrogens with two attached hydrogens (primary N) is 1. The van der Waals surface area contributed by atoms with Gasteiger partial charge in [0.2, 0.25) is 0 Å². The largest absolute Gasteiger partial charge is 0.329 e. The van der Waals surface area contributed by atoms with Crippen LogP contribution in [0.2, 0.25) is 5.02 Å². The molecule has 1 aliphatic rings. The lowest BCUT2D eigenvalue weighted by Gasteiger charge is -2.37. The summed E-state index contributed by atoms with van der Waals surface area (Å²) in [4.78, 5) is 2.28. The van der Waals surface area contributed by atoms with E-state index >= 15 is 0 Å². The summed E-state index contributed by atoms with van der Waals surface area (Å²) in [5.74, 6) is 0.322. The molecule has 1 aromatic carbocycles. The highest BCUT2D eigenvalue weighted by molar-refractivity contribution is 6.30. The maximum atomic E-state index is 14.1. The number of hydrogen-bond donors (Lipinski definition) is 1. The first kappa shape index (κ1) is 13.8. The molecule has 0 saturated carbocycles. The Balaban J connectivity index is 2.24. The lowest BCUT2D eigenvalue weighted by molar-refractivity contribution is 0.131. The van der Waals surface area contributed by atoms with Crippen molar-refractivity contribution in [2.24, 2.45) is 11.7 Å². The van der Waals surface area contributed by atoms with E-state index in [1.165, 1.54) is 6.42 Å². The molecule has 1 heterocycles. The van der Waals surface area contributed by atoms with Gasteiger partial charge in [0.15, 0.2) is 0 Å². The van der Waals surface area contributed by atoms with Crippen molar-refractivity contribution in [1.82, 2.24) is 4.90 Å². The minimum Gasteiger partial charge on any atom is -0.329 e. The molecule has 1 saturated heterocycles. The molecule has 1 aromatic rings. The van der Waals surface area contributed by atoms with Gasteiger partial charge >= 0.3 is 0 Å². The summed E-state index contributed by atoms with van der Waals surface area (Å²) in [6.45, 7) is 4.62. The van der Waals surface area contributed by atoms with Crippen molar-refractivity contribution in [3.8, 4) is 0 Å². The Kier molecular flexibility index (Phi) is 4.60. The first-order valence-corrected chi connectivity index (χ1v) is 6.89. The summed E-state index contributed by atoms with van der Waals surface area (Å²) in [6.07, 6.45) is 2.39. The fourth-order valence-electron chi connectivity index (χ4n) is 2.76. The molecule has 2 nitrogen and oxygen atoms in total. The zero-order chi connectivity index (χ0) is 13.1. The minimum absolute atomic E-state index is 0.0635. The van der Waals surface area contributed by atoms with Crippen molar-refractivity contribution in [3.63, 3.8) is 0 Å². The topological polar surface area (TPSA) is 29.3 Å². The third-order valence-electron chi connectivity index (χ3n) is 3.69. The van der Waals surface area contributed by atoms with E-state index in [0.29, 0.717) is 18.0 Å². The van der Waals surface area contributed by atoms with Crippen LogP contribution in [-0.4, -0.2) is 24.5 Å². The van der Waals surface area contributed by atoms with Crippen LogP contribution < -0.4 is 5.73 Å². The van der Waals surface area contributed by atoms with Gasteiger partial charge < -0.3 is 5.73 Å². The van der Waals surface area contributed by atoms with E-state index in [4.69, 9.17) is 17.3 Å². The molecule has 0 spiro atoms. The number of piperidine rings is 1. The van der Waals surface area contributed by atoms with Crippen LogP contribution in [0, 0.1) is 11.7 Å². The molecule has 0 radical (unpaired) electrons. The van der Waals surface area contributed by atoms with Gasteiger partial charge in [-0.3, -0.25) is 4.90 Å². The quantitative estimate of drug-likeness (QED) is 0.914. The van der Waals surface area contributed by atoms with Crippen LogP contribution >= 0.6 is 11.6 Å². The van der Waals surface area contributed by atoms with Gasteiger partial charge in [0.25, 0.3) is 0 Å². The van der Waals surface area contributed by atoms with Gasteiger partial charge in [-0.15, -0.1) is 0 Å². The summed E-state index contributed by atoms with van der Waals surface area (Å²) in [6, 6.07) is 5.09. The van der Waals surface area contributed by atoms with Gasteiger partial charge in [0.05, 0.1) is 5.02 Å². The molecular weight excluding hydrogens is 251 g/mol. The summed E-state index contributed by atoms with van der Waals surface area (Å²) < 4.78 is 14.1. The van der Waals surface area contributed by atoms with E-state index in [9.17, 15) is 4.39 Å². The van der Waals surface area contributed by atoms with E-state index in [-0.39, 0.29) is 16.9 Å². The molecule has 100 valence electrons. The second kappa shape index (κ2) is 6.00. The van der Waals surface area contributed by atoms with Crippen LogP contribution in [0.3, 0.4) is 0 Å². The Morgan fingerprint density at radius 3 is 3.00 bits per heavy atom. The predicted molar refractivity (Wildman–Crippen MR) is 73.2 cm³/mol. The zero-order valence-electron chi connectivity index (χ0n) is 10.7. The summed E-state index contributed by atoms with van der Waals surface area (Å²) in [5, 5.41) is 0.177. The predicted octanol–water partition coefficient (Wildman–Crippen LogP) is 3.21. The summed E-state index contributed by atoms with van der Waals surface area (Å²) in [5.41, 5.74) is 6.47. The molecule has 0 bridgehead atoms. The van der Waals surface area contributed by atoms with Gasteiger partial charge in [0, 0.05) is 24.7 Å². The third-order valence-corrected chi connectivity index (χ3v) is 3.98. The fraction of sp³-hybridized carbons (Fsp3) is 0.571. The van der Waals surface area contributed by atoms with Gasteiger partial charge in [-0.2, -0.15) is 0 Å². The Morgan fingerprint density at radius 1 is 1.56 bits per heavy atom. The highest BCUT2D eigenvalue weighted by Crippen LogP contribution is 2.30. The molecule has 0 aliphatic carbocycles. The average Bonchev–Trinajstić information content (AvgIpc) is 2.35. The zero-order valence-corrected chi connectivity index (χ0v) is 11.5. The fourth-order valence-corrected chi connectivity index (χ4v) is 2.94. The Hall–Kier alpha value is -0.640. The van der Waals surface area contributed by atoms with Crippen molar-refractivity contribution in [3.05, 3.63) is 34.6 Å². The van der Waals surface area contributed by atoms with Crippen molar-refractivity contribution in [2.75, 3.05) is 19.6 Å². The Morgan fingerprint density at radius 2 is 2.33 bits per heavy atom. The number of halogens is 2. The molecule has 2 unspecified atom stereocenters. The maximum Gasteiger partial charge on any atom is 0.146 e. The molecule has 1 fully saturated rings. The molecule has 2 rings (SSSR count). The standard InChI is InChI=1S/C14H20ClFN2/c1-10-4-3-7-18(9-10)13(8-17)11-5-2-6-12(15)14(11)16/h2,5-6,10,13H,3-4,7-9,17H2,1H3. The molecule has 1 aliphatic heterocycles. The van der Waals surface area contributed by atoms with E-state index in [1.807, 2.05) is 0 Å². The van der Waals surface area contributed by atoms with E-state index in [2.05, 4.69) is 11.8 Å². The Bertz CT molecular complexity index is 411. The number of hydrogen-bond acceptors (Lipinski definition) is 2. The average molecular weight is 271 g/mol. The van der Waals surface area contributed by atoms with Crippen molar-refractivity contribution in [1.29, 1.82) is 0 Å². The van der Waals surface area contributed by atoms with Crippen LogP contribution in [-0.2, 0) is 0 Å². The van der Waals surface area contributed by atoms with Crippen molar-refractivity contribution < 1.29 is 4.39 Å². The van der Waals surface area contributed by atoms with Crippen molar-refractivity contribution >= 4 is 11.6 Å². The van der Waals surface area contributed by atoms with Crippen LogP contribution in [0.4, 0.5) is 4.39 Å². The summed E-state index contributed by atoms with van der Waals surface area (Å²) >= 11 is 5.85.